The van der Waals surface area contributed by atoms with Gasteiger partial charge in [-0.15, -0.1) is 0 Å². The van der Waals surface area contributed by atoms with E-state index >= 15 is 0 Å². The number of hydrogen-bond donors (Lipinski definition) is 0. The summed E-state index contributed by atoms with van der Waals surface area (Å²) >= 11 is 0. The van der Waals surface area contributed by atoms with Crippen molar-refractivity contribution >= 4 is 11.5 Å². The maximum absolute atomic E-state index is 14.3. The van der Waals surface area contributed by atoms with Gasteiger partial charge in [0.25, 0.3) is 0 Å². The van der Waals surface area contributed by atoms with E-state index in [1.54, 1.807) is 41.1 Å². The van der Waals surface area contributed by atoms with E-state index in [9.17, 15) is 8.78 Å². The Morgan fingerprint density at radius 1 is 1.08 bits per heavy atom. The van der Waals surface area contributed by atoms with Crippen LogP contribution < -0.4 is 9.64 Å². The normalized spacial score (nSPS) is 15.6. The second-order valence-electron chi connectivity index (χ2n) is 8.76. The third-order valence-electron chi connectivity index (χ3n) is 6.62. The molecule has 1 aliphatic heterocycles. The molecule has 0 spiro atoms. The highest BCUT2D eigenvalue weighted by Gasteiger charge is 2.27. The minimum absolute atomic E-state index is 0.0260. The predicted molar refractivity (Wildman–Crippen MR) is 130 cm³/mol. The summed E-state index contributed by atoms with van der Waals surface area (Å²) in [5, 5.41) is 8.97. The van der Waals surface area contributed by atoms with Crippen LogP contribution in [0.5, 0.6) is 5.75 Å². The van der Waals surface area contributed by atoms with Gasteiger partial charge in [0.2, 0.25) is 0 Å². The van der Waals surface area contributed by atoms with E-state index in [1.165, 1.54) is 12.1 Å². The van der Waals surface area contributed by atoms with Crippen molar-refractivity contribution in [2.45, 2.75) is 25.3 Å². The largest absolute Gasteiger partial charge is 0.494 e. The third kappa shape index (κ3) is 3.94. The second-order valence-corrected chi connectivity index (χ2v) is 8.76. The van der Waals surface area contributed by atoms with Gasteiger partial charge in [0.15, 0.2) is 5.65 Å². The van der Waals surface area contributed by atoms with Crippen molar-refractivity contribution in [2.75, 3.05) is 18.6 Å². The molecule has 1 fully saturated rings. The lowest BCUT2D eigenvalue weighted by Gasteiger charge is -2.26. The lowest BCUT2D eigenvalue weighted by atomic mass is 10.0. The molecule has 1 aromatic carbocycles. The van der Waals surface area contributed by atoms with Crippen LogP contribution >= 0.6 is 0 Å². The monoisotopic (exact) mass is 487 g/mol. The zero-order valence-corrected chi connectivity index (χ0v) is 19.6. The topological polar surface area (TPSA) is 73.4 Å². The molecule has 5 heterocycles. The summed E-state index contributed by atoms with van der Waals surface area (Å²) < 4.78 is 36.9. The highest BCUT2D eigenvalue weighted by atomic mass is 19.1. The molecule has 36 heavy (non-hydrogen) atoms. The van der Waals surface area contributed by atoms with Crippen LogP contribution in [0.15, 0.2) is 67.5 Å². The minimum atomic E-state index is -0.428. The molecular weight excluding hydrogens is 464 g/mol. The van der Waals surface area contributed by atoms with Crippen molar-refractivity contribution < 1.29 is 13.5 Å². The van der Waals surface area contributed by atoms with Gasteiger partial charge < -0.3 is 9.64 Å². The van der Waals surface area contributed by atoms with Gasteiger partial charge in [-0.25, -0.2) is 23.0 Å². The van der Waals surface area contributed by atoms with Crippen LogP contribution in [0.4, 0.5) is 14.6 Å². The van der Waals surface area contributed by atoms with Gasteiger partial charge in [-0.1, -0.05) is 0 Å². The smallest absolute Gasteiger partial charge is 0.183 e. The molecule has 8 nitrogen and oxygen atoms in total. The van der Waals surface area contributed by atoms with Gasteiger partial charge in [-0.2, -0.15) is 10.2 Å². The van der Waals surface area contributed by atoms with Crippen LogP contribution in [0, 0.1) is 11.6 Å². The lowest BCUT2D eigenvalue weighted by molar-refractivity contribution is 0.414. The number of rotatable bonds is 6. The van der Waals surface area contributed by atoms with Crippen LogP contribution in [0.2, 0.25) is 0 Å². The number of benzene rings is 1. The Morgan fingerprint density at radius 2 is 2.00 bits per heavy atom. The van der Waals surface area contributed by atoms with E-state index < -0.39 is 5.82 Å². The SMILES string of the molecule is COc1cnccc1-c1cnn(-c2cnn3ccc(N4CCC[C@@H]4Cc4cc(F)ccc4F)nc23)c1. The number of fused-ring (bicyclic) bond motifs is 1. The fourth-order valence-electron chi connectivity index (χ4n) is 4.85. The van der Waals surface area contributed by atoms with Crippen molar-refractivity contribution in [1.82, 2.24) is 29.4 Å². The number of aromatic nitrogens is 6. The van der Waals surface area contributed by atoms with E-state index in [-0.39, 0.29) is 11.9 Å². The van der Waals surface area contributed by atoms with Crippen molar-refractivity contribution in [3.05, 3.63) is 84.7 Å². The number of halogens is 2. The molecule has 0 N–H and O–H groups in total. The highest BCUT2D eigenvalue weighted by molar-refractivity contribution is 5.70. The number of pyridine rings is 1. The molecule has 182 valence electrons. The van der Waals surface area contributed by atoms with E-state index in [4.69, 9.17) is 9.72 Å². The molecule has 1 atom stereocenters. The molecule has 10 heteroatoms. The molecule has 0 amide bonds. The quantitative estimate of drug-likeness (QED) is 0.352. The highest BCUT2D eigenvalue weighted by Crippen LogP contribution is 2.31. The van der Waals surface area contributed by atoms with Crippen molar-refractivity contribution in [2.24, 2.45) is 0 Å². The van der Waals surface area contributed by atoms with Gasteiger partial charge in [-0.05, 0) is 55.2 Å². The summed E-state index contributed by atoms with van der Waals surface area (Å²) in [6.45, 7) is 0.794. The summed E-state index contributed by atoms with van der Waals surface area (Å²) in [6.07, 6.45) is 12.9. The van der Waals surface area contributed by atoms with Gasteiger partial charge in [0.05, 0.1) is 25.7 Å². The first-order valence-electron chi connectivity index (χ1n) is 11.7. The van der Waals surface area contributed by atoms with Crippen LogP contribution in [-0.4, -0.2) is 49.1 Å². The van der Waals surface area contributed by atoms with Gasteiger partial charge in [0.1, 0.15) is 28.9 Å². The average molecular weight is 488 g/mol. The molecule has 0 saturated carbocycles. The molecule has 1 saturated heterocycles. The zero-order valence-electron chi connectivity index (χ0n) is 19.6. The molecule has 1 aliphatic rings. The molecule has 0 bridgehead atoms. The van der Waals surface area contributed by atoms with Gasteiger partial charge >= 0.3 is 0 Å². The Balaban J connectivity index is 1.32. The maximum atomic E-state index is 14.3. The molecule has 4 aromatic heterocycles. The Bertz CT molecular complexity index is 1550. The Hall–Kier alpha value is -4.34. The van der Waals surface area contributed by atoms with Crippen molar-refractivity contribution in [1.29, 1.82) is 0 Å². The first kappa shape index (κ1) is 22.1. The molecule has 6 rings (SSSR count). The number of hydrogen-bond acceptors (Lipinski definition) is 6. The van der Waals surface area contributed by atoms with E-state index in [2.05, 4.69) is 20.1 Å². The summed E-state index contributed by atoms with van der Waals surface area (Å²) in [7, 11) is 1.61. The fourth-order valence-corrected chi connectivity index (χ4v) is 4.85. The first-order valence-corrected chi connectivity index (χ1v) is 11.7. The number of methoxy groups -OCH3 is 1. The van der Waals surface area contributed by atoms with Crippen LogP contribution in [0.3, 0.4) is 0 Å². The molecule has 0 radical (unpaired) electrons. The predicted octanol–water partition coefficient (Wildman–Crippen LogP) is 4.48. The Kier molecular flexibility index (Phi) is 5.55. The number of anilines is 1. The number of ether oxygens (including phenoxy) is 1. The van der Waals surface area contributed by atoms with Crippen LogP contribution in [0.1, 0.15) is 18.4 Å². The van der Waals surface area contributed by atoms with E-state index in [1.807, 2.05) is 24.5 Å². The number of nitrogens with zero attached hydrogens (tertiary/aromatic N) is 7. The summed E-state index contributed by atoms with van der Waals surface area (Å²) in [4.78, 5) is 11.2. The average Bonchev–Trinajstić information content (AvgIpc) is 3.65. The van der Waals surface area contributed by atoms with Crippen molar-refractivity contribution in [3.63, 3.8) is 0 Å². The zero-order chi connectivity index (χ0) is 24.6. The van der Waals surface area contributed by atoms with Crippen LogP contribution in [-0.2, 0) is 6.42 Å². The molecule has 5 aromatic rings. The van der Waals surface area contributed by atoms with Crippen LogP contribution in [0.25, 0.3) is 22.5 Å². The fraction of sp³-hybridized carbons (Fsp3) is 0.231. The van der Waals surface area contributed by atoms with Gasteiger partial charge in [0, 0.05) is 42.3 Å². The van der Waals surface area contributed by atoms with E-state index in [0.717, 1.165) is 48.1 Å². The second kappa shape index (κ2) is 9.03. The third-order valence-corrected chi connectivity index (χ3v) is 6.62. The molecular formula is C26H23F2N7O. The van der Waals surface area contributed by atoms with Gasteiger partial charge in [-0.3, -0.25) is 4.98 Å². The Labute approximate surface area is 205 Å². The lowest BCUT2D eigenvalue weighted by Crippen LogP contribution is -2.32. The molecule has 0 aliphatic carbocycles. The maximum Gasteiger partial charge on any atom is 0.183 e. The molecule has 0 unspecified atom stereocenters. The summed E-state index contributed by atoms with van der Waals surface area (Å²) in [6, 6.07) is 7.42. The van der Waals surface area contributed by atoms with Crippen molar-refractivity contribution in [3.8, 4) is 22.6 Å². The summed E-state index contributed by atoms with van der Waals surface area (Å²) in [5.74, 6) is 0.617. The first-order chi connectivity index (χ1) is 17.6. The minimum Gasteiger partial charge on any atom is -0.494 e. The summed E-state index contributed by atoms with van der Waals surface area (Å²) in [5.41, 5.74) is 3.51. The van der Waals surface area contributed by atoms with E-state index in [0.29, 0.717) is 23.4 Å². The Morgan fingerprint density at radius 3 is 2.89 bits per heavy atom. The standard InChI is InChI=1S/C26H23F2N7O/c1-36-24-15-29-8-6-21(24)18-13-30-35(16-18)23-14-31-34-10-7-25(32-26(23)34)33-9-2-3-20(33)12-17-11-19(27)4-5-22(17)28/h4-8,10-11,13-16,20H,2-3,9,12H2,1H3/t20-/m1/s1.